The van der Waals surface area contributed by atoms with E-state index in [4.69, 9.17) is 16.4 Å². The Kier molecular flexibility index (Phi) is 6.01. The van der Waals surface area contributed by atoms with Crippen LogP contribution < -0.4 is 5.48 Å². The molecule has 0 aliphatic rings. The second-order valence-electron chi connectivity index (χ2n) is 6.59. The van der Waals surface area contributed by atoms with Gasteiger partial charge in [0.05, 0.1) is 27.5 Å². The van der Waals surface area contributed by atoms with Crippen molar-refractivity contribution in [3.05, 3.63) is 107 Å². The van der Waals surface area contributed by atoms with E-state index in [1.165, 1.54) is 0 Å². The monoisotopic (exact) mass is 429 g/mol. The molecule has 0 aliphatic heterocycles. The van der Waals surface area contributed by atoms with Gasteiger partial charge in [-0.05, 0) is 59.3 Å². The van der Waals surface area contributed by atoms with Crippen LogP contribution in [0.4, 0.5) is 11.4 Å². The van der Waals surface area contributed by atoms with E-state index >= 15 is 0 Å². The van der Waals surface area contributed by atoms with E-state index in [0.29, 0.717) is 22.0 Å². The molecule has 1 N–H and O–H groups in total. The second-order valence-corrected chi connectivity index (χ2v) is 6.99. The molecule has 0 atom stereocenters. The van der Waals surface area contributed by atoms with Crippen molar-refractivity contribution in [1.29, 1.82) is 0 Å². The highest BCUT2D eigenvalue weighted by atomic mass is 35.5. The first kappa shape index (κ1) is 20.3. The van der Waals surface area contributed by atoms with Gasteiger partial charge in [0, 0.05) is 0 Å². The van der Waals surface area contributed by atoms with Crippen LogP contribution in [0.3, 0.4) is 0 Å². The van der Waals surface area contributed by atoms with Crippen molar-refractivity contribution < 1.29 is 14.4 Å². The number of hydrogen-bond donors (Lipinski definition) is 1. The molecule has 0 aliphatic carbocycles. The van der Waals surface area contributed by atoms with Crippen LogP contribution in [0.25, 0.3) is 10.8 Å². The zero-order valence-electron chi connectivity index (χ0n) is 16.2. The molecule has 0 heterocycles. The van der Waals surface area contributed by atoms with Crippen molar-refractivity contribution in [2.45, 2.75) is 0 Å². The van der Waals surface area contributed by atoms with Gasteiger partial charge in [0.1, 0.15) is 0 Å². The maximum Gasteiger partial charge on any atom is 0.362 e. The van der Waals surface area contributed by atoms with E-state index in [1.807, 2.05) is 30.3 Å². The molecular formula is C24H16ClN3O3. The summed E-state index contributed by atoms with van der Waals surface area (Å²) in [7, 11) is 0. The number of fused-ring (bicyclic) bond motifs is 1. The van der Waals surface area contributed by atoms with Crippen LogP contribution in [0.1, 0.15) is 20.7 Å². The standard InChI is InChI=1S/C24H16ClN3O3/c25-22-8-4-3-7-21(22)23(29)27-26-19-11-13-20(14-12-19)28-31-24(30)18-10-9-16-5-1-2-6-17(16)15-18/h1-15,28H. The number of hydrogen-bond acceptors (Lipinski definition) is 5. The molecule has 0 bridgehead atoms. The van der Waals surface area contributed by atoms with Gasteiger partial charge in [-0.2, -0.15) is 0 Å². The summed E-state index contributed by atoms with van der Waals surface area (Å²) in [5.41, 5.74) is 4.35. The topological polar surface area (TPSA) is 80.1 Å². The van der Waals surface area contributed by atoms with Crippen molar-refractivity contribution in [3.8, 4) is 0 Å². The van der Waals surface area contributed by atoms with Crippen molar-refractivity contribution in [2.75, 3.05) is 5.48 Å². The van der Waals surface area contributed by atoms with Crippen LogP contribution in [0.5, 0.6) is 0 Å². The zero-order chi connectivity index (χ0) is 21.6. The van der Waals surface area contributed by atoms with Gasteiger partial charge < -0.3 is 4.84 Å². The van der Waals surface area contributed by atoms with Gasteiger partial charge in [-0.1, -0.05) is 54.1 Å². The van der Waals surface area contributed by atoms with Gasteiger partial charge in [-0.15, -0.1) is 10.2 Å². The molecule has 0 radical (unpaired) electrons. The van der Waals surface area contributed by atoms with Crippen molar-refractivity contribution >= 4 is 45.6 Å². The second kappa shape index (κ2) is 9.19. The third kappa shape index (κ3) is 4.94. The summed E-state index contributed by atoms with van der Waals surface area (Å²) in [5, 5.41) is 9.93. The summed E-state index contributed by atoms with van der Waals surface area (Å²) < 4.78 is 0. The Morgan fingerprint density at radius 2 is 1.52 bits per heavy atom. The molecule has 152 valence electrons. The SMILES string of the molecule is O=C(ONc1ccc(N=NC(=O)c2ccccc2Cl)cc1)c1ccc2ccccc2c1. The summed E-state index contributed by atoms with van der Waals surface area (Å²) in [6, 6.07) is 26.3. The predicted octanol–water partition coefficient (Wildman–Crippen LogP) is 6.60. The quantitative estimate of drug-likeness (QED) is 0.286. The van der Waals surface area contributed by atoms with Gasteiger partial charge in [0.15, 0.2) is 0 Å². The zero-order valence-corrected chi connectivity index (χ0v) is 16.9. The van der Waals surface area contributed by atoms with E-state index in [2.05, 4.69) is 15.7 Å². The fourth-order valence-corrected chi connectivity index (χ4v) is 3.08. The molecule has 0 saturated heterocycles. The first-order chi connectivity index (χ1) is 15.1. The summed E-state index contributed by atoms with van der Waals surface area (Å²) >= 11 is 5.98. The largest absolute Gasteiger partial charge is 0.362 e. The average molecular weight is 430 g/mol. The van der Waals surface area contributed by atoms with Gasteiger partial charge in [-0.25, -0.2) is 10.3 Å². The molecule has 6 nitrogen and oxygen atoms in total. The van der Waals surface area contributed by atoms with Gasteiger partial charge in [0.2, 0.25) is 0 Å². The number of carbonyl (C=O) groups is 2. The van der Waals surface area contributed by atoms with Gasteiger partial charge >= 0.3 is 5.97 Å². The van der Waals surface area contributed by atoms with E-state index < -0.39 is 11.9 Å². The van der Waals surface area contributed by atoms with Crippen molar-refractivity contribution in [1.82, 2.24) is 0 Å². The summed E-state index contributed by atoms with van der Waals surface area (Å²) in [5.74, 6) is -1.03. The van der Waals surface area contributed by atoms with Crippen LogP contribution in [0.15, 0.2) is 101 Å². The molecule has 31 heavy (non-hydrogen) atoms. The third-order valence-electron chi connectivity index (χ3n) is 4.47. The minimum atomic E-state index is -0.530. The highest BCUT2D eigenvalue weighted by Crippen LogP contribution is 2.20. The molecule has 4 aromatic carbocycles. The van der Waals surface area contributed by atoms with Crippen LogP contribution in [0.2, 0.25) is 5.02 Å². The molecule has 0 fully saturated rings. The van der Waals surface area contributed by atoms with Crippen LogP contribution in [-0.4, -0.2) is 11.9 Å². The number of nitrogens with zero attached hydrogens (tertiary/aromatic N) is 2. The fraction of sp³-hybridized carbons (Fsp3) is 0. The lowest BCUT2D eigenvalue weighted by molar-refractivity contribution is 0.0596. The van der Waals surface area contributed by atoms with E-state index in [-0.39, 0.29) is 5.56 Å². The Hall–Kier alpha value is -4.03. The number of rotatable bonds is 5. The highest BCUT2D eigenvalue weighted by molar-refractivity contribution is 6.33. The maximum atomic E-state index is 12.3. The number of benzene rings is 4. The van der Waals surface area contributed by atoms with Crippen LogP contribution >= 0.6 is 11.6 Å². The normalized spacial score (nSPS) is 10.9. The Balaban J connectivity index is 1.36. The maximum absolute atomic E-state index is 12.3. The number of nitrogens with one attached hydrogen (secondary N) is 1. The molecule has 0 aromatic heterocycles. The van der Waals surface area contributed by atoms with E-state index in [9.17, 15) is 9.59 Å². The molecule has 4 aromatic rings. The van der Waals surface area contributed by atoms with Crippen LogP contribution in [-0.2, 0) is 4.84 Å². The molecule has 1 amide bonds. The highest BCUT2D eigenvalue weighted by Gasteiger charge is 2.09. The molecule has 0 unspecified atom stereocenters. The summed E-state index contributed by atoms with van der Waals surface area (Å²) in [4.78, 5) is 29.5. The Morgan fingerprint density at radius 3 is 2.29 bits per heavy atom. The lowest BCUT2D eigenvalue weighted by atomic mass is 10.1. The Bertz CT molecular complexity index is 1290. The predicted molar refractivity (Wildman–Crippen MR) is 120 cm³/mol. The first-order valence-corrected chi connectivity index (χ1v) is 9.74. The van der Waals surface area contributed by atoms with E-state index in [1.54, 1.807) is 60.7 Å². The Morgan fingerprint density at radius 1 is 0.806 bits per heavy atom. The molecular weight excluding hydrogens is 414 g/mol. The average Bonchev–Trinajstić information content (AvgIpc) is 2.81. The molecule has 0 saturated carbocycles. The smallest absolute Gasteiger partial charge is 0.338 e. The van der Waals surface area contributed by atoms with Crippen molar-refractivity contribution in [3.63, 3.8) is 0 Å². The number of anilines is 1. The third-order valence-corrected chi connectivity index (χ3v) is 4.80. The summed E-state index contributed by atoms with van der Waals surface area (Å²) in [6.45, 7) is 0. The van der Waals surface area contributed by atoms with Gasteiger partial charge in [-0.3, -0.25) is 4.79 Å². The lowest BCUT2D eigenvalue weighted by Gasteiger charge is -2.07. The lowest BCUT2D eigenvalue weighted by Crippen LogP contribution is -2.10. The number of azo groups is 1. The molecule has 4 rings (SSSR count). The van der Waals surface area contributed by atoms with E-state index in [0.717, 1.165) is 10.8 Å². The van der Waals surface area contributed by atoms with Gasteiger partial charge in [0.25, 0.3) is 5.91 Å². The number of halogens is 1. The molecule has 7 heteroatoms. The van der Waals surface area contributed by atoms with Crippen molar-refractivity contribution in [2.24, 2.45) is 10.2 Å². The fourth-order valence-electron chi connectivity index (χ4n) is 2.87. The number of carbonyl (C=O) groups excluding carboxylic acids is 2. The number of amides is 1. The minimum Gasteiger partial charge on any atom is -0.338 e. The van der Waals surface area contributed by atoms with Crippen LogP contribution in [0, 0.1) is 0 Å². The summed E-state index contributed by atoms with van der Waals surface area (Å²) in [6.07, 6.45) is 0. The first-order valence-electron chi connectivity index (χ1n) is 9.37. The molecule has 0 spiro atoms. The minimum absolute atomic E-state index is 0.284. The Labute approximate surface area is 183 Å².